The molecule has 1 N–H and O–H groups in total. The maximum Gasteiger partial charge on any atom is 0.0700 e. The molecule has 1 unspecified atom stereocenters. The van der Waals surface area contributed by atoms with Crippen molar-refractivity contribution in [3.63, 3.8) is 0 Å². The van der Waals surface area contributed by atoms with Crippen LogP contribution in [0.25, 0.3) is 10.1 Å². The van der Waals surface area contributed by atoms with Crippen molar-refractivity contribution >= 4 is 33.0 Å². The Morgan fingerprint density at radius 1 is 1.05 bits per heavy atom. The molecular formula is C18H17ClOS. The second-order valence-electron chi connectivity index (χ2n) is 5.73. The first kappa shape index (κ1) is 14.6. The van der Waals surface area contributed by atoms with Gasteiger partial charge in [0.1, 0.15) is 0 Å². The van der Waals surface area contributed by atoms with Crippen LogP contribution in [0, 0.1) is 0 Å². The average Bonchev–Trinajstić information content (AvgIpc) is 2.84. The topological polar surface area (TPSA) is 20.2 Å². The number of rotatable bonds is 4. The van der Waals surface area contributed by atoms with E-state index in [4.69, 9.17) is 11.6 Å². The summed E-state index contributed by atoms with van der Waals surface area (Å²) < 4.78 is 1.27. The summed E-state index contributed by atoms with van der Waals surface area (Å²) in [6, 6.07) is 16.0. The van der Waals surface area contributed by atoms with E-state index in [-0.39, 0.29) is 0 Å². The van der Waals surface area contributed by atoms with Gasteiger partial charge in [-0.25, -0.2) is 0 Å². The van der Waals surface area contributed by atoms with Gasteiger partial charge in [-0.2, -0.15) is 0 Å². The predicted octanol–water partition coefficient (Wildman–Crippen LogP) is 5.09. The van der Waals surface area contributed by atoms with Crippen LogP contribution in [0.2, 0.25) is 5.02 Å². The van der Waals surface area contributed by atoms with Crippen LogP contribution in [0.1, 0.15) is 18.1 Å². The van der Waals surface area contributed by atoms with Crippen molar-refractivity contribution in [3.8, 4) is 0 Å². The third-order valence-corrected chi connectivity index (χ3v) is 4.89. The highest BCUT2D eigenvalue weighted by atomic mass is 35.5. The summed E-state index contributed by atoms with van der Waals surface area (Å²) >= 11 is 7.64. The lowest BCUT2D eigenvalue weighted by atomic mass is 9.90. The largest absolute Gasteiger partial charge is 0.389 e. The number of fused-ring (bicyclic) bond motifs is 1. The van der Waals surface area contributed by atoms with E-state index in [1.54, 1.807) is 11.3 Å². The van der Waals surface area contributed by atoms with E-state index in [9.17, 15) is 5.11 Å². The van der Waals surface area contributed by atoms with E-state index in [1.165, 1.54) is 15.6 Å². The quantitative estimate of drug-likeness (QED) is 0.710. The number of thiophene rings is 1. The minimum Gasteiger partial charge on any atom is -0.389 e. The molecule has 0 aliphatic carbocycles. The lowest BCUT2D eigenvalue weighted by Crippen LogP contribution is -2.29. The second kappa shape index (κ2) is 5.80. The molecule has 1 aromatic heterocycles. The molecule has 2 aromatic carbocycles. The van der Waals surface area contributed by atoms with Crippen LogP contribution in [-0.4, -0.2) is 10.7 Å². The molecule has 1 atom stereocenters. The van der Waals surface area contributed by atoms with Crippen molar-refractivity contribution in [3.05, 3.63) is 70.1 Å². The van der Waals surface area contributed by atoms with Gasteiger partial charge in [0.25, 0.3) is 0 Å². The Morgan fingerprint density at radius 3 is 2.52 bits per heavy atom. The molecule has 3 rings (SSSR count). The minimum atomic E-state index is -0.766. The molecule has 21 heavy (non-hydrogen) atoms. The van der Waals surface area contributed by atoms with Crippen molar-refractivity contribution < 1.29 is 5.11 Å². The lowest BCUT2D eigenvalue weighted by molar-refractivity contribution is 0.0612. The SMILES string of the molecule is CC(O)(Cc1ccc(Cl)cc1)Cc1csc2ccccc12. The van der Waals surface area contributed by atoms with Crippen LogP contribution in [0.4, 0.5) is 0 Å². The summed E-state index contributed by atoms with van der Waals surface area (Å²) in [4.78, 5) is 0. The first-order valence-corrected chi connectivity index (χ1v) is 8.21. The van der Waals surface area contributed by atoms with Crippen molar-refractivity contribution in [2.24, 2.45) is 0 Å². The van der Waals surface area contributed by atoms with Crippen molar-refractivity contribution in [2.45, 2.75) is 25.4 Å². The number of halogens is 1. The number of aliphatic hydroxyl groups is 1. The second-order valence-corrected chi connectivity index (χ2v) is 7.08. The van der Waals surface area contributed by atoms with Crippen molar-refractivity contribution in [1.29, 1.82) is 0 Å². The van der Waals surface area contributed by atoms with Crippen LogP contribution in [0.5, 0.6) is 0 Å². The van der Waals surface area contributed by atoms with Gasteiger partial charge >= 0.3 is 0 Å². The monoisotopic (exact) mass is 316 g/mol. The van der Waals surface area contributed by atoms with Crippen molar-refractivity contribution in [2.75, 3.05) is 0 Å². The molecular weight excluding hydrogens is 300 g/mol. The fourth-order valence-corrected chi connectivity index (χ4v) is 3.77. The normalized spacial score (nSPS) is 14.2. The maximum absolute atomic E-state index is 10.7. The van der Waals surface area contributed by atoms with E-state index in [2.05, 4.69) is 23.6 Å². The van der Waals surface area contributed by atoms with Crippen LogP contribution in [0.3, 0.4) is 0 Å². The molecule has 1 heterocycles. The summed E-state index contributed by atoms with van der Waals surface area (Å²) in [6.07, 6.45) is 1.27. The Bertz CT molecular complexity index is 743. The van der Waals surface area contributed by atoms with Gasteiger partial charge in [-0.1, -0.05) is 41.9 Å². The summed E-state index contributed by atoms with van der Waals surface area (Å²) in [5.41, 5.74) is 1.55. The van der Waals surface area contributed by atoms with E-state index < -0.39 is 5.60 Å². The minimum absolute atomic E-state index is 0.619. The number of benzene rings is 2. The molecule has 0 bridgehead atoms. The van der Waals surface area contributed by atoms with Gasteiger partial charge in [0.05, 0.1) is 5.60 Å². The first-order chi connectivity index (χ1) is 10.0. The summed E-state index contributed by atoms with van der Waals surface area (Å²) in [5, 5.41) is 14.9. The van der Waals surface area contributed by atoms with Crippen LogP contribution < -0.4 is 0 Å². The highest BCUT2D eigenvalue weighted by Gasteiger charge is 2.23. The number of hydrogen-bond acceptors (Lipinski definition) is 2. The molecule has 0 saturated carbocycles. The third kappa shape index (κ3) is 3.46. The Kier molecular flexibility index (Phi) is 4.03. The standard InChI is InChI=1S/C18H17ClOS/c1-18(20,10-13-6-8-15(19)9-7-13)11-14-12-21-17-5-3-2-4-16(14)17/h2-9,12,20H,10-11H2,1H3. The van der Waals surface area contributed by atoms with Crippen molar-refractivity contribution in [1.82, 2.24) is 0 Å². The summed E-state index contributed by atoms with van der Waals surface area (Å²) in [5.74, 6) is 0. The predicted molar refractivity (Wildman–Crippen MR) is 91.3 cm³/mol. The lowest BCUT2D eigenvalue weighted by Gasteiger charge is -2.23. The third-order valence-electron chi connectivity index (χ3n) is 3.63. The highest BCUT2D eigenvalue weighted by Crippen LogP contribution is 2.29. The van der Waals surface area contributed by atoms with Gasteiger partial charge in [0.15, 0.2) is 0 Å². The van der Waals surface area contributed by atoms with E-state index in [0.717, 1.165) is 10.6 Å². The molecule has 0 fully saturated rings. The molecule has 0 aliphatic heterocycles. The zero-order valence-corrected chi connectivity index (χ0v) is 13.4. The zero-order chi connectivity index (χ0) is 14.9. The Morgan fingerprint density at radius 2 is 1.76 bits per heavy atom. The molecule has 0 spiro atoms. The molecule has 0 radical (unpaired) electrons. The van der Waals surface area contributed by atoms with Crippen LogP contribution in [-0.2, 0) is 12.8 Å². The molecule has 3 aromatic rings. The van der Waals surface area contributed by atoms with Gasteiger partial charge in [-0.05, 0) is 47.0 Å². The molecule has 1 nitrogen and oxygen atoms in total. The summed E-state index contributed by atoms with van der Waals surface area (Å²) in [6.45, 7) is 1.90. The molecule has 3 heteroatoms. The van der Waals surface area contributed by atoms with Crippen LogP contribution >= 0.6 is 22.9 Å². The van der Waals surface area contributed by atoms with E-state index >= 15 is 0 Å². The smallest absolute Gasteiger partial charge is 0.0700 e. The Hall–Kier alpha value is -1.35. The molecule has 0 saturated heterocycles. The first-order valence-electron chi connectivity index (χ1n) is 6.95. The van der Waals surface area contributed by atoms with Gasteiger partial charge in [0, 0.05) is 22.6 Å². The summed E-state index contributed by atoms with van der Waals surface area (Å²) in [7, 11) is 0. The Balaban J connectivity index is 1.80. The van der Waals surface area contributed by atoms with Crippen LogP contribution in [0.15, 0.2) is 53.9 Å². The molecule has 0 aliphatic rings. The van der Waals surface area contributed by atoms with Gasteiger partial charge in [-0.3, -0.25) is 0 Å². The van der Waals surface area contributed by atoms with Gasteiger partial charge in [-0.15, -0.1) is 11.3 Å². The molecule has 0 amide bonds. The van der Waals surface area contributed by atoms with Gasteiger partial charge < -0.3 is 5.11 Å². The van der Waals surface area contributed by atoms with E-state index in [0.29, 0.717) is 12.8 Å². The van der Waals surface area contributed by atoms with E-state index in [1.807, 2.05) is 37.3 Å². The zero-order valence-electron chi connectivity index (χ0n) is 11.8. The molecule has 108 valence electrons. The average molecular weight is 317 g/mol. The fraction of sp³-hybridized carbons (Fsp3) is 0.222. The van der Waals surface area contributed by atoms with Gasteiger partial charge in [0.2, 0.25) is 0 Å². The Labute approximate surface area is 133 Å². The highest BCUT2D eigenvalue weighted by molar-refractivity contribution is 7.17. The number of hydrogen-bond donors (Lipinski definition) is 1. The maximum atomic E-state index is 10.7. The fourth-order valence-electron chi connectivity index (χ4n) is 2.68.